The maximum atomic E-state index is 9.08. The molecule has 0 spiro atoms. The number of hydrogen-bond acceptors (Lipinski definition) is 3. The van der Waals surface area contributed by atoms with Crippen molar-refractivity contribution in [3.05, 3.63) is 40.4 Å². The van der Waals surface area contributed by atoms with Crippen molar-refractivity contribution in [2.45, 2.75) is 13.5 Å². The smallest absolute Gasteiger partial charge is 0.163 e. The summed E-state index contributed by atoms with van der Waals surface area (Å²) in [5.41, 5.74) is 2.08. The highest BCUT2D eigenvalue weighted by Gasteiger charge is 2.07. The summed E-state index contributed by atoms with van der Waals surface area (Å²) in [6.07, 6.45) is 1.60. The zero-order valence-corrected chi connectivity index (χ0v) is 9.77. The lowest BCUT2D eigenvalue weighted by atomic mass is 10.2. The van der Waals surface area contributed by atoms with Crippen LogP contribution in [-0.4, -0.2) is 19.9 Å². The number of nitrogens with zero attached hydrogens (tertiary/aromatic N) is 3. The van der Waals surface area contributed by atoms with Crippen LogP contribution in [-0.2, 0) is 6.61 Å². The Bertz CT molecular complexity index is 481. The number of aliphatic hydroxyl groups excluding tert-OH is 1. The molecule has 0 saturated carbocycles. The molecule has 1 heterocycles. The first-order chi connectivity index (χ1) is 7.22. The predicted molar refractivity (Wildman–Crippen MR) is 59.7 cm³/mol. The molecule has 0 amide bonds. The molecular formula is C10H10BrN3O. The van der Waals surface area contributed by atoms with Crippen LogP contribution in [0.2, 0.25) is 0 Å². The van der Waals surface area contributed by atoms with Gasteiger partial charge in [-0.2, -0.15) is 0 Å². The minimum atomic E-state index is -0.116. The van der Waals surface area contributed by atoms with E-state index >= 15 is 0 Å². The van der Waals surface area contributed by atoms with Crippen molar-refractivity contribution in [2.75, 3.05) is 0 Å². The maximum absolute atomic E-state index is 9.08. The van der Waals surface area contributed by atoms with Crippen LogP contribution in [0.15, 0.2) is 29.0 Å². The molecule has 0 aliphatic rings. The van der Waals surface area contributed by atoms with Gasteiger partial charge in [0.15, 0.2) is 5.82 Å². The third kappa shape index (κ3) is 1.93. The second kappa shape index (κ2) is 4.12. The zero-order chi connectivity index (χ0) is 10.8. The summed E-state index contributed by atoms with van der Waals surface area (Å²) in [6, 6.07) is 5.92. The summed E-state index contributed by atoms with van der Waals surface area (Å²) in [5.74, 6) is 0.542. The molecule has 2 rings (SSSR count). The van der Waals surface area contributed by atoms with Crippen LogP contribution in [0.25, 0.3) is 5.69 Å². The fourth-order valence-electron chi connectivity index (χ4n) is 1.46. The fraction of sp³-hybridized carbons (Fsp3) is 0.200. The number of aromatic nitrogens is 3. The summed E-state index contributed by atoms with van der Waals surface area (Å²) < 4.78 is 2.81. The molecule has 1 aromatic heterocycles. The molecule has 4 nitrogen and oxygen atoms in total. The van der Waals surface area contributed by atoms with E-state index in [4.69, 9.17) is 5.11 Å². The third-order valence-corrected chi connectivity index (χ3v) is 2.67. The number of halogens is 1. The summed E-state index contributed by atoms with van der Waals surface area (Å²) in [5, 5.41) is 16.7. The van der Waals surface area contributed by atoms with Crippen molar-refractivity contribution < 1.29 is 5.11 Å². The highest BCUT2D eigenvalue weighted by atomic mass is 79.9. The Morgan fingerprint density at radius 1 is 1.47 bits per heavy atom. The number of aryl methyl sites for hydroxylation is 1. The molecule has 0 radical (unpaired) electrons. The van der Waals surface area contributed by atoms with Gasteiger partial charge in [0, 0.05) is 4.47 Å². The molecule has 5 heteroatoms. The lowest BCUT2D eigenvalue weighted by Gasteiger charge is -2.08. The normalized spacial score (nSPS) is 10.6. The Morgan fingerprint density at radius 2 is 2.27 bits per heavy atom. The zero-order valence-electron chi connectivity index (χ0n) is 8.18. The van der Waals surface area contributed by atoms with E-state index in [1.807, 2.05) is 25.1 Å². The van der Waals surface area contributed by atoms with Crippen LogP contribution < -0.4 is 0 Å². The van der Waals surface area contributed by atoms with E-state index < -0.39 is 0 Å². The molecule has 0 aliphatic carbocycles. The Hall–Kier alpha value is -1.20. The lowest BCUT2D eigenvalue weighted by molar-refractivity contribution is 0.269. The summed E-state index contributed by atoms with van der Waals surface area (Å²) >= 11 is 3.41. The van der Waals surface area contributed by atoms with E-state index in [2.05, 4.69) is 26.1 Å². The quantitative estimate of drug-likeness (QED) is 0.904. The minimum Gasteiger partial charge on any atom is -0.388 e. The Kier molecular flexibility index (Phi) is 2.83. The van der Waals surface area contributed by atoms with Crippen LogP contribution >= 0.6 is 15.9 Å². The SMILES string of the molecule is Cc1cc(Br)ccc1-n1cnnc1CO. The first-order valence-corrected chi connectivity index (χ1v) is 5.28. The second-order valence-corrected chi connectivity index (χ2v) is 4.12. The van der Waals surface area contributed by atoms with Crippen molar-refractivity contribution in [2.24, 2.45) is 0 Å². The molecule has 78 valence electrons. The first kappa shape index (κ1) is 10.3. The second-order valence-electron chi connectivity index (χ2n) is 3.21. The van der Waals surface area contributed by atoms with Crippen LogP contribution in [0.5, 0.6) is 0 Å². The van der Waals surface area contributed by atoms with Crippen molar-refractivity contribution in [3.63, 3.8) is 0 Å². The van der Waals surface area contributed by atoms with E-state index in [-0.39, 0.29) is 6.61 Å². The summed E-state index contributed by atoms with van der Waals surface area (Å²) in [6.45, 7) is 1.89. The van der Waals surface area contributed by atoms with Gasteiger partial charge in [-0.05, 0) is 30.7 Å². The highest BCUT2D eigenvalue weighted by Crippen LogP contribution is 2.19. The van der Waals surface area contributed by atoms with E-state index in [0.29, 0.717) is 5.82 Å². The van der Waals surface area contributed by atoms with Gasteiger partial charge in [-0.25, -0.2) is 0 Å². The lowest BCUT2D eigenvalue weighted by Crippen LogP contribution is -2.01. The molecule has 1 N–H and O–H groups in total. The molecule has 0 aliphatic heterocycles. The molecule has 1 aromatic carbocycles. The number of aliphatic hydroxyl groups is 1. The average Bonchev–Trinajstić information content (AvgIpc) is 2.65. The van der Waals surface area contributed by atoms with Crippen LogP contribution in [0.1, 0.15) is 11.4 Å². The van der Waals surface area contributed by atoms with Crippen LogP contribution in [0.4, 0.5) is 0 Å². The number of hydrogen-bond donors (Lipinski definition) is 1. The molecule has 0 atom stereocenters. The Labute approximate surface area is 95.7 Å². The molecule has 0 fully saturated rings. The van der Waals surface area contributed by atoms with Gasteiger partial charge in [0.05, 0.1) is 5.69 Å². The summed E-state index contributed by atoms with van der Waals surface area (Å²) in [7, 11) is 0. The van der Waals surface area contributed by atoms with Crippen molar-refractivity contribution in [1.29, 1.82) is 0 Å². The fourth-order valence-corrected chi connectivity index (χ4v) is 1.93. The third-order valence-electron chi connectivity index (χ3n) is 2.18. The van der Waals surface area contributed by atoms with Gasteiger partial charge in [0.25, 0.3) is 0 Å². The van der Waals surface area contributed by atoms with E-state index in [0.717, 1.165) is 15.7 Å². The van der Waals surface area contributed by atoms with E-state index in [1.54, 1.807) is 10.9 Å². The molecule has 0 bridgehead atoms. The topological polar surface area (TPSA) is 50.9 Å². The standard InChI is InChI=1S/C10H10BrN3O/c1-7-4-8(11)2-3-9(7)14-6-12-13-10(14)5-15/h2-4,6,15H,5H2,1H3. The van der Waals surface area contributed by atoms with Crippen LogP contribution in [0.3, 0.4) is 0 Å². The van der Waals surface area contributed by atoms with Gasteiger partial charge in [-0.15, -0.1) is 10.2 Å². The highest BCUT2D eigenvalue weighted by molar-refractivity contribution is 9.10. The van der Waals surface area contributed by atoms with Gasteiger partial charge in [-0.3, -0.25) is 4.57 Å². The van der Waals surface area contributed by atoms with Gasteiger partial charge in [-0.1, -0.05) is 15.9 Å². The molecular weight excluding hydrogens is 258 g/mol. The average molecular weight is 268 g/mol. The number of benzene rings is 1. The predicted octanol–water partition coefficient (Wildman–Crippen LogP) is 1.83. The monoisotopic (exact) mass is 267 g/mol. The molecule has 2 aromatic rings. The molecule has 0 unspecified atom stereocenters. The van der Waals surface area contributed by atoms with E-state index in [1.165, 1.54) is 0 Å². The van der Waals surface area contributed by atoms with Gasteiger partial charge < -0.3 is 5.11 Å². The maximum Gasteiger partial charge on any atom is 0.163 e. The van der Waals surface area contributed by atoms with Gasteiger partial charge in [0.1, 0.15) is 12.9 Å². The largest absolute Gasteiger partial charge is 0.388 e. The molecule has 0 saturated heterocycles. The van der Waals surface area contributed by atoms with Gasteiger partial charge >= 0.3 is 0 Å². The molecule has 15 heavy (non-hydrogen) atoms. The number of rotatable bonds is 2. The van der Waals surface area contributed by atoms with Crippen LogP contribution in [0, 0.1) is 6.92 Å². The first-order valence-electron chi connectivity index (χ1n) is 4.48. The Balaban J connectivity index is 2.54. The van der Waals surface area contributed by atoms with Crippen molar-refractivity contribution >= 4 is 15.9 Å². The van der Waals surface area contributed by atoms with E-state index in [9.17, 15) is 0 Å². The van der Waals surface area contributed by atoms with Crippen molar-refractivity contribution in [3.8, 4) is 5.69 Å². The summed E-state index contributed by atoms with van der Waals surface area (Å²) in [4.78, 5) is 0. The Morgan fingerprint density at radius 3 is 2.93 bits per heavy atom. The minimum absolute atomic E-state index is 0.116. The van der Waals surface area contributed by atoms with Crippen molar-refractivity contribution in [1.82, 2.24) is 14.8 Å². The van der Waals surface area contributed by atoms with Gasteiger partial charge in [0.2, 0.25) is 0 Å².